The molecular weight excluding hydrogens is 275 g/mol. The molecule has 20 heavy (non-hydrogen) atoms. The Balaban J connectivity index is 1.87. The maximum atomic E-state index is 13.3. The van der Waals surface area contributed by atoms with E-state index in [1.165, 1.54) is 18.2 Å². The molecule has 2 aromatic carbocycles. The number of rotatable bonds is 3. The quantitative estimate of drug-likeness (QED) is 0.754. The number of aromatic nitrogens is 1. The van der Waals surface area contributed by atoms with Gasteiger partial charge in [-0.1, -0.05) is 0 Å². The van der Waals surface area contributed by atoms with Gasteiger partial charge >= 0.3 is 0 Å². The van der Waals surface area contributed by atoms with Crippen molar-refractivity contribution in [2.75, 3.05) is 5.32 Å². The summed E-state index contributed by atoms with van der Waals surface area (Å²) < 4.78 is 14.4. The number of hydrogen-bond donors (Lipinski definition) is 2. The third kappa shape index (κ3) is 2.44. The normalized spacial score (nSPS) is 12.5. The van der Waals surface area contributed by atoms with Crippen LogP contribution in [0.1, 0.15) is 18.5 Å². The molecule has 1 unspecified atom stereocenters. The number of nitrogens with one attached hydrogen (secondary N) is 1. The molecule has 5 heteroatoms. The maximum absolute atomic E-state index is 13.3. The Kier molecular flexibility index (Phi) is 3.28. The summed E-state index contributed by atoms with van der Waals surface area (Å²) in [6.45, 7) is 1.88. The van der Waals surface area contributed by atoms with Gasteiger partial charge in [0.15, 0.2) is 0 Å². The topological polar surface area (TPSA) is 45.2 Å². The summed E-state index contributed by atoms with van der Waals surface area (Å²) in [4.78, 5) is 4.22. The molecule has 0 aliphatic heterocycles. The van der Waals surface area contributed by atoms with E-state index in [1.807, 2.05) is 25.1 Å². The zero-order chi connectivity index (χ0) is 14.1. The monoisotopic (exact) mass is 288 g/mol. The highest BCUT2D eigenvalue weighted by atomic mass is 32.1. The second-order valence-corrected chi connectivity index (χ2v) is 5.49. The molecule has 1 heterocycles. The van der Waals surface area contributed by atoms with Crippen molar-refractivity contribution < 1.29 is 9.50 Å². The molecule has 0 fully saturated rings. The van der Waals surface area contributed by atoms with Crippen LogP contribution in [0, 0.1) is 5.82 Å². The number of nitrogens with zero attached hydrogens (tertiary/aromatic N) is 1. The Morgan fingerprint density at radius 2 is 2.10 bits per heavy atom. The first kappa shape index (κ1) is 12.9. The van der Waals surface area contributed by atoms with Gasteiger partial charge in [-0.2, -0.15) is 0 Å². The van der Waals surface area contributed by atoms with Gasteiger partial charge in [0.1, 0.15) is 11.6 Å². The number of fused-ring (bicyclic) bond motifs is 1. The minimum atomic E-state index is -0.357. The summed E-state index contributed by atoms with van der Waals surface area (Å²) in [6.07, 6.45) is 0. The Morgan fingerprint density at radius 3 is 2.95 bits per heavy atom. The van der Waals surface area contributed by atoms with E-state index in [0.717, 1.165) is 15.9 Å². The molecule has 0 aliphatic carbocycles. The molecule has 0 saturated heterocycles. The largest absolute Gasteiger partial charge is 0.508 e. The lowest BCUT2D eigenvalue weighted by Gasteiger charge is -2.17. The van der Waals surface area contributed by atoms with Crippen LogP contribution >= 0.6 is 11.3 Å². The maximum Gasteiger partial charge on any atom is 0.123 e. The molecule has 0 radical (unpaired) electrons. The smallest absolute Gasteiger partial charge is 0.123 e. The fourth-order valence-corrected chi connectivity index (χ4v) is 2.86. The van der Waals surface area contributed by atoms with E-state index in [4.69, 9.17) is 0 Å². The summed E-state index contributed by atoms with van der Waals surface area (Å²) in [5, 5.41) is 13.1. The van der Waals surface area contributed by atoms with Gasteiger partial charge in [0.25, 0.3) is 0 Å². The number of halogens is 1. The van der Waals surface area contributed by atoms with Gasteiger partial charge in [0, 0.05) is 11.3 Å². The van der Waals surface area contributed by atoms with Crippen LogP contribution in [0.3, 0.4) is 0 Å². The number of phenolic OH excluding ortho intramolecular Hbond substituents is 1. The standard InChI is InChI=1S/C15H13FN2OS/c1-9(12-6-10(16)2-5-14(12)19)18-11-3-4-13-15(7-11)20-8-17-13/h2-9,18-19H,1H3. The van der Waals surface area contributed by atoms with Crippen molar-refractivity contribution in [3.63, 3.8) is 0 Å². The Bertz CT molecular complexity index is 756. The van der Waals surface area contributed by atoms with Gasteiger partial charge in [-0.05, 0) is 43.3 Å². The molecule has 102 valence electrons. The van der Waals surface area contributed by atoms with Gasteiger partial charge < -0.3 is 10.4 Å². The molecule has 0 aliphatic rings. The molecule has 3 aromatic rings. The van der Waals surface area contributed by atoms with Gasteiger partial charge in [0.05, 0.1) is 21.8 Å². The van der Waals surface area contributed by atoms with Crippen molar-refractivity contribution in [3.05, 3.63) is 53.3 Å². The van der Waals surface area contributed by atoms with Crippen molar-refractivity contribution in [3.8, 4) is 5.75 Å². The molecule has 3 rings (SSSR count). The van der Waals surface area contributed by atoms with Crippen LogP contribution in [0.4, 0.5) is 10.1 Å². The summed E-state index contributed by atoms with van der Waals surface area (Å²) in [5.74, 6) is -0.269. The lowest BCUT2D eigenvalue weighted by molar-refractivity contribution is 0.462. The number of thiazole rings is 1. The molecular formula is C15H13FN2OS. The van der Waals surface area contributed by atoms with Gasteiger partial charge in [-0.25, -0.2) is 9.37 Å². The van der Waals surface area contributed by atoms with Gasteiger partial charge in [-0.3, -0.25) is 0 Å². The second kappa shape index (κ2) is 5.09. The summed E-state index contributed by atoms with van der Waals surface area (Å²) >= 11 is 1.57. The molecule has 1 atom stereocenters. The van der Waals surface area contributed by atoms with Crippen LogP contribution in [0.25, 0.3) is 10.2 Å². The predicted octanol–water partition coefficient (Wildman–Crippen LogP) is 4.31. The molecule has 0 saturated carbocycles. The Morgan fingerprint density at radius 1 is 1.25 bits per heavy atom. The molecule has 0 amide bonds. The summed E-state index contributed by atoms with van der Waals surface area (Å²) in [5.41, 5.74) is 4.21. The number of phenols is 1. The number of aromatic hydroxyl groups is 1. The highest BCUT2D eigenvalue weighted by Gasteiger charge is 2.11. The predicted molar refractivity (Wildman–Crippen MR) is 79.7 cm³/mol. The van der Waals surface area contributed by atoms with Crippen LogP contribution in [-0.4, -0.2) is 10.1 Å². The number of anilines is 1. The van der Waals surface area contributed by atoms with Gasteiger partial charge in [-0.15, -0.1) is 11.3 Å². The van der Waals surface area contributed by atoms with E-state index in [0.29, 0.717) is 5.56 Å². The van der Waals surface area contributed by atoms with E-state index in [9.17, 15) is 9.50 Å². The first-order valence-electron chi connectivity index (χ1n) is 6.21. The fraction of sp³-hybridized carbons (Fsp3) is 0.133. The first-order chi connectivity index (χ1) is 9.63. The Labute approximate surface area is 119 Å². The zero-order valence-electron chi connectivity index (χ0n) is 10.8. The lowest BCUT2D eigenvalue weighted by Crippen LogP contribution is -2.07. The highest BCUT2D eigenvalue weighted by molar-refractivity contribution is 7.16. The molecule has 3 nitrogen and oxygen atoms in total. The minimum absolute atomic E-state index is 0.0882. The van der Waals surface area contributed by atoms with Crippen molar-refractivity contribution in [2.45, 2.75) is 13.0 Å². The Hall–Kier alpha value is -2.14. The van der Waals surface area contributed by atoms with Crippen molar-refractivity contribution in [1.29, 1.82) is 0 Å². The van der Waals surface area contributed by atoms with Crippen LogP contribution in [0.5, 0.6) is 5.75 Å². The van der Waals surface area contributed by atoms with E-state index < -0.39 is 0 Å². The van der Waals surface area contributed by atoms with E-state index >= 15 is 0 Å². The molecule has 1 aromatic heterocycles. The lowest BCUT2D eigenvalue weighted by atomic mass is 10.1. The number of benzene rings is 2. The number of hydrogen-bond acceptors (Lipinski definition) is 4. The summed E-state index contributed by atoms with van der Waals surface area (Å²) in [6, 6.07) is 9.62. The third-order valence-corrected chi connectivity index (χ3v) is 3.96. The fourth-order valence-electron chi connectivity index (χ4n) is 2.14. The van der Waals surface area contributed by atoms with Crippen LogP contribution in [0.2, 0.25) is 0 Å². The van der Waals surface area contributed by atoms with E-state index in [1.54, 1.807) is 16.8 Å². The minimum Gasteiger partial charge on any atom is -0.508 e. The van der Waals surface area contributed by atoms with E-state index in [2.05, 4.69) is 10.3 Å². The first-order valence-corrected chi connectivity index (χ1v) is 7.09. The van der Waals surface area contributed by atoms with Gasteiger partial charge in [0.2, 0.25) is 0 Å². The van der Waals surface area contributed by atoms with Crippen molar-refractivity contribution in [1.82, 2.24) is 4.98 Å². The third-order valence-electron chi connectivity index (χ3n) is 3.17. The van der Waals surface area contributed by atoms with Crippen LogP contribution < -0.4 is 5.32 Å². The zero-order valence-corrected chi connectivity index (χ0v) is 11.6. The van der Waals surface area contributed by atoms with Crippen molar-refractivity contribution in [2.24, 2.45) is 0 Å². The summed E-state index contributed by atoms with van der Waals surface area (Å²) in [7, 11) is 0. The van der Waals surface area contributed by atoms with Crippen LogP contribution in [0.15, 0.2) is 41.9 Å². The average Bonchev–Trinajstić information content (AvgIpc) is 2.89. The second-order valence-electron chi connectivity index (χ2n) is 4.60. The SMILES string of the molecule is CC(Nc1ccc2ncsc2c1)c1cc(F)ccc1O. The molecule has 0 bridgehead atoms. The van der Waals surface area contributed by atoms with Crippen LogP contribution in [-0.2, 0) is 0 Å². The van der Waals surface area contributed by atoms with Crippen molar-refractivity contribution >= 4 is 27.2 Å². The average molecular weight is 288 g/mol. The van der Waals surface area contributed by atoms with E-state index in [-0.39, 0.29) is 17.6 Å². The molecule has 2 N–H and O–H groups in total. The molecule has 0 spiro atoms. The highest BCUT2D eigenvalue weighted by Crippen LogP contribution is 2.29.